The van der Waals surface area contributed by atoms with Crippen molar-refractivity contribution < 1.29 is 0 Å². The van der Waals surface area contributed by atoms with Gasteiger partial charge in [-0.05, 0) is 50.0 Å². The van der Waals surface area contributed by atoms with Gasteiger partial charge in [0.25, 0.3) is 0 Å². The van der Waals surface area contributed by atoms with Gasteiger partial charge in [-0.3, -0.25) is 9.88 Å². The fraction of sp³-hybridized carbons (Fsp3) is 0.667. The Morgan fingerprint density at radius 2 is 2.11 bits per heavy atom. The van der Waals surface area contributed by atoms with Crippen LogP contribution in [0.15, 0.2) is 24.5 Å². The minimum Gasteiger partial charge on any atom is -0.314 e. The summed E-state index contributed by atoms with van der Waals surface area (Å²) in [7, 11) is 2.24. The molecule has 0 saturated carbocycles. The molecule has 1 fully saturated rings. The van der Waals surface area contributed by atoms with Crippen LogP contribution in [0.3, 0.4) is 0 Å². The predicted molar refractivity (Wildman–Crippen MR) is 75.5 cm³/mol. The Morgan fingerprint density at radius 3 is 2.78 bits per heavy atom. The molecule has 1 aliphatic heterocycles. The molecule has 100 valence electrons. The first kappa shape index (κ1) is 13.5. The predicted octanol–water partition coefficient (Wildman–Crippen LogP) is 2.46. The Bertz CT molecular complexity index is 350. The van der Waals surface area contributed by atoms with Crippen molar-refractivity contribution in [3.63, 3.8) is 0 Å². The van der Waals surface area contributed by atoms with Crippen LogP contribution in [0.2, 0.25) is 0 Å². The van der Waals surface area contributed by atoms with Crippen LogP contribution < -0.4 is 5.32 Å². The second-order valence-corrected chi connectivity index (χ2v) is 5.67. The number of hydrogen-bond acceptors (Lipinski definition) is 3. The van der Waals surface area contributed by atoms with Gasteiger partial charge < -0.3 is 5.32 Å². The molecular formula is C15H25N3. The first-order valence-electron chi connectivity index (χ1n) is 7.02. The van der Waals surface area contributed by atoms with Gasteiger partial charge in [0.2, 0.25) is 0 Å². The van der Waals surface area contributed by atoms with Gasteiger partial charge in [-0.2, -0.15) is 0 Å². The summed E-state index contributed by atoms with van der Waals surface area (Å²) in [5.74, 6) is 0.702. The van der Waals surface area contributed by atoms with Gasteiger partial charge in [-0.15, -0.1) is 0 Å². The van der Waals surface area contributed by atoms with Crippen molar-refractivity contribution in [3.05, 3.63) is 30.1 Å². The lowest BCUT2D eigenvalue weighted by atomic mass is 9.85. The number of nitrogens with zero attached hydrogens (tertiary/aromatic N) is 2. The van der Waals surface area contributed by atoms with Gasteiger partial charge in [0.1, 0.15) is 0 Å². The van der Waals surface area contributed by atoms with Gasteiger partial charge in [-0.25, -0.2) is 0 Å². The zero-order valence-electron chi connectivity index (χ0n) is 11.8. The minimum atomic E-state index is 0.535. The fourth-order valence-corrected chi connectivity index (χ4v) is 2.95. The third-order valence-corrected chi connectivity index (χ3v) is 3.84. The van der Waals surface area contributed by atoms with E-state index in [0.717, 1.165) is 6.54 Å². The topological polar surface area (TPSA) is 28.2 Å². The molecule has 0 aliphatic carbocycles. The standard InChI is InChI=1S/C15H25N3/c1-12(2)17-11-14-5-4-10-18(3)15(14)13-6-8-16-9-7-13/h6-9,12,14-15,17H,4-5,10-11H2,1-3H3. The first-order chi connectivity index (χ1) is 8.68. The fourth-order valence-electron chi connectivity index (χ4n) is 2.95. The maximum absolute atomic E-state index is 4.13. The summed E-state index contributed by atoms with van der Waals surface area (Å²) >= 11 is 0. The van der Waals surface area contributed by atoms with Gasteiger partial charge in [0.05, 0.1) is 0 Å². The van der Waals surface area contributed by atoms with E-state index in [2.05, 4.69) is 48.2 Å². The van der Waals surface area contributed by atoms with Crippen molar-refractivity contribution in [3.8, 4) is 0 Å². The van der Waals surface area contributed by atoms with E-state index in [-0.39, 0.29) is 0 Å². The van der Waals surface area contributed by atoms with Crippen LogP contribution in [0.1, 0.15) is 38.3 Å². The molecule has 1 aliphatic rings. The summed E-state index contributed by atoms with van der Waals surface area (Å²) in [6.07, 6.45) is 6.44. The maximum Gasteiger partial charge on any atom is 0.0386 e. The maximum atomic E-state index is 4.13. The lowest BCUT2D eigenvalue weighted by molar-refractivity contribution is 0.118. The Balaban J connectivity index is 2.10. The summed E-state index contributed by atoms with van der Waals surface area (Å²) < 4.78 is 0. The number of aromatic nitrogens is 1. The first-order valence-corrected chi connectivity index (χ1v) is 7.02. The zero-order chi connectivity index (χ0) is 13.0. The number of rotatable bonds is 4. The molecule has 1 aromatic rings. The van der Waals surface area contributed by atoms with Crippen LogP contribution in [-0.2, 0) is 0 Å². The minimum absolute atomic E-state index is 0.535. The summed E-state index contributed by atoms with van der Waals surface area (Å²) in [5, 5.41) is 3.59. The van der Waals surface area contributed by atoms with Crippen molar-refractivity contribution in [1.82, 2.24) is 15.2 Å². The lowest BCUT2D eigenvalue weighted by Crippen LogP contribution is -2.41. The second kappa shape index (κ2) is 6.30. The summed E-state index contributed by atoms with van der Waals surface area (Å²) in [4.78, 5) is 6.62. The van der Waals surface area contributed by atoms with Crippen molar-refractivity contribution in [2.45, 2.75) is 38.8 Å². The lowest BCUT2D eigenvalue weighted by Gasteiger charge is -2.40. The molecule has 1 aromatic heterocycles. The van der Waals surface area contributed by atoms with Crippen LogP contribution in [0.5, 0.6) is 0 Å². The van der Waals surface area contributed by atoms with Crippen LogP contribution in [0.25, 0.3) is 0 Å². The summed E-state index contributed by atoms with van der Waals surface area (Å²) in [5.41, 5.74) is 1.41. The van der Waals surface area contributed by atoms with Gasteiger partial charge in [0, 0.05) is 31.0 Å². The normalized spacial score (nSPS) is 25.6. The van der Waals surface area contributed by atoms with Crippen molar-refractivity contribution in [2.75, 3.05) is 20.1 Å². The number of likely N-dealkylation sites (tertiary alicyclic amines) is 1. The van der Waals surface area contributed by atoms with Crippen LogP contribution in [0.4, 0.5) is 0 Å². The van der Waals surface area contributed by atoms with Crippen LogP contribution in [0, 0.1) is 5.92 Å². The zero-order valence-corrected chi connectivity index (χ0v) is 11.8. The van der Waals surface area contributed by atoms with Crippen LogP contribution >= 0.6 is 0 Å². The highest BCUT2D eigenvalue weighted by Crippen LogP contribution is 2.34. The molecular weight excluding hydrogens is 222 g/mol. The summed E-state index contributed by atoms with van der Waals surface area (Å²) in [6.45, 7) is 6.74. The highest BCUT2D eigenvalue weighted by Gasteiger charge is 2.30. The van der Waals surface area contributed by atoms with Gasteiger partial charge in [0.15, 0.2) is 0 Å². The largest absolute Gasteiger partial charge is 0.314 e. The van der Waals surface area contributed by atoms with Crippen molar-refractivity contribution in [1.29, 1.82) is 0 Å². The Hall–Kier alpha value is -0.930. The average molecular weight is 247 g/mol. The van der Waals surface area contributed by atoms with E-state index in [1.807, 2.05) is 12.4 Å². The van der Waals surface area contributed by atoms with E-state index >= 15 is 0 Å². The highest BCUT2D eigenvalue weighted by molar-refractivity contribution is 5.17. The molecule has 3 heteroatoms. The smallest absolute Gasteiger partial charge is 0.0386 e. The van der Waals surface area contributed by atoms with Gasteiger partial charge >= 0.3 is 0 Å². The molecule has 2 unspecified atom stereocenters. The van der Waals surface area contributed by atoms with E-state index < -0.39 is 0 Å². The number of nitrogens with one attached hydrogen (secondary N) is 1. The number of pyridine rings is 1. The SMILES string of the molecule is CC(C)NCC1CCCN(C)C1c1ccncc1. The molecule has 3 nitrogen and oxygen atoms in total. The molecule has 1 N–H and O–H groups in total. The second-order valence-electron chi connectivity index (χ2n) is 5.67. The van der Waals surface area contributed by atoms with E-state index in [1.165, 1.54) is 24.9 Å². The van der Waals surface area contributed by atoms with Gasteiger partial charge in [-0.1, -0.05) is 13.8 Å². The molecule has 0 aromatic carbocycles. The third kappa shape index (κ3) is 3.30. The Labute approximate surface area is 111 Å². The molecule has 2 atom stereocenters. The highest BCUT2D eigenvalue weighted by atomic mass is 15.1. The van der Waals surface area contributed by atoms with Crippen molar-refractivity contribution >= 4 is 0 Å². The molecule has 2 heterocycles. The molecule has 18 heavy (non-hydrogen) atoms. The molecule has 0 amide bonds. The van der Waals surface area contributed by atoms with E-state index in [4.69, 9.17) is 0 Å². The molecule has 0 bridgehead atoms. The number of hydrogen-bond donors (Lipinski definition) is 1. The van der Waals surface area contributed by atoms with E-state index in [1.54, 1.807) is 0 Å². The third-order valence-electron chi connectivity index (χ3n) is 3.84. The van der Waals surface area contributed by atoms with E-state index in [9.17, 15) is 0 Å². The monoisotopic (exact) mass is 247 g/mol. The van der Waals surface area contributed by atoms with E-state index in [0.29, 0.717) is 18.0 Å². The van der Waals surface area contributed by atoms with Crippen LogP contribution in [-0.4, -0.2) is 36.1 Å². The molecule has 0 radical (unpaired) electrons. The summed E-state index contributed by atoms with van der Waals surface area (Å²) in [6, 6.07) is 5.42. The molecule has 0 spiro atoms. The Morgan fingerprint density at radius 1 is 1.39 bits per heavy atom. The Kier molecular flexibility index (Phi) is 4.72. The average Bonchev–Trinajstić information content (AvgIpc) is 2.37. The molecule has 2 rings (SSSR count). The number of piperidine rings is 1. The quantitative estimate of drug-likeness (QED) is 0.886. The molecule has 1 saturated heterocycles. The van der Waals surface area contributed by atoms with Crippen molar-refractivity contribution in [2.24, 2.45) is 5.92 Å².